The zero-order chi connectivity index (χ0) is 21.0. The molecule has 1 N–H and O–H groups in total. The van der Waals surface area contributed by atoms with E-state index in [-0.39, 0.29) is 17.2 Å². The summed E-state index contributed by atoms with van der Waals surface area (Å²) in [6, 6.07) is 7.62. The van der Waals surface area contributed by atoms with Crippen molar-refractivity contribution in [2.45, 2.75) is 45.1 Å². The van der Waals surface area contributed by atoms with Crippen molar-refractivity contribution in [2.24, 2.45) is 0 Å². The van der Waals surface area contributed by atoms with Crippen LogP contribution in [0.15, 0.2) is 38.3 Å². The lowest BCUT2D eigenvalue weighted by Gasteiger charge is -2.19. The van der Waals surface area contributed by atoms with Crippen LogP contribution in [0, 0.1) is 0 Å². The Morgan fingerprint density at radius 3 is 2.80 bits per heavy atom. The fraction of sp³-hybridized carbons (Fsp3) is 0.364. The maximum absolute atomic E-state index is 13.7. The average molecular weight is 469 g/mol. The van der Waals surface area contributed by atoms with Gasteiger partial charge < -0.3 is 4.90 Å². The molecule has 0 spiro atoms. The summed E-state index contributed by atoms with van der Waals surface area (Å²) in [6.07, 6.45) is 3.49. The summed E-state index contributed by atoms with van der Waals surface area (Å²) in [7, 11) is 0. The van der Waals surface area contributed by atoms with Crippen LogP contribution in [-0.4, -0.2) is 27.0 Å². The van der Waals surface area contributed by atoms with Gasteiger partial charge in [-0.15, -0.1) is 0 Å². The van der Waals surface area contributed by atoms with Crippen LogP contribution in [0.3, 0.4) is 0 Å². The van der Waals surface area contributed by atoms with Gasteiger partial charge in [0.2, 0.25) is 0 Å². The van der Waals surface area contributed by atoms with Gasteiger partial charge in [0.05, 0.1) is 10.9 Å². The number of carbonyl (C=O) groups is 1. The Balaban J connectivity index is 1.73. The number of H-pyrrole nitrogens is 1. The van der Waals surface area contributed by atoms with E-state index in [2.05, 4.69) is 25.9 Å². The van der Waals surface area contributed by atoms with Gasteiger partial charge in [-0.2, -0.15) is 0 Å². The summed E-state index contributed by atoms with van der Waals surface area (Å²) in [5, 5.41) is 0.197. The van der Waals surface area contributed by atoms with Gasteiger partial charge in [0.1, 0.15) is 0 Å². The van der Waals surface area contributed by atoms with Gasteiger partial charge in [-0.1, -0.05) is 22.9 Å². The Hall–Kier alpha value is -2.74. The first-order chi connectivity index (χ1) is 14.5. The molecule has 30 heavy (non-hydrogen) atoms. The van der Waals surface area contributed by atoms with Gasteiger partial charge in [0, 0.05) is 34.9 Å². The third kappa shape index (κ3) is 3.10. The first kappa shape index (κ1) is 19.2. The Bertz CT molecular complexity index is 1310. The van der Waals surface area contributed by atoms with Gasteiger partial charge >= 0.3 is 5.69 Å². The van der Waals surface area contributed by atoms with E-state index >= 15 is 0 Å². The second-order valence-corrected chi connectivity index (χ2v) is 8.87. The van der Waals surface area contributed by atoms with E-state index in [9.17, 15) is 14.4 Å². The standard InChI is InChI=1S/C22H21BrN4O3/c1-2-8-27-19-18(20(28)25-22(27)30)15(11-16(24-19)12-3-4-12)21(29)26-9-7-13-10-14(23)5-6-17(13)26/h5-6,10-12H,2-4,7-9H2,1H3,(H,25,28,30). The lowest BCUT2D eigenvalue weighted by molar-refractivity contribution is 0.0990. The zero-order valence-corrected chi connectivity index (χ0v) is 18.2. The van der Waals surface area contributed by atoms with Gasteiger partial charge in [-0.25, -0.2) is 9.78 Å². The lowest BCUT2D eigenvalue weighted by atomic mass is 10.1. The molecule has 0 unspecified atom stereocenters. The highest BCUT2D eigenvalue weighted by Crippen LogP contribution is 2.40. The summed E-state index contributed by atoms with van der Waals surface area (Å²) in [5.41, 5.74) is 2.34. The fourth-order valence-corrected chi connectivity index (χ4v) is 4.62. The second kappa shape index (κ2) is 7.19. The number of anilines is 1. The minimum atomic E-state index is -0.559. The summed E-state index contributed by atoms with van der Waals surface area (Å²) in [5.74, 6) is 0.0600. The van der Waals surface area contributed by atoms with Gasteiger partial charge in [-0.3, -0.25) is 19.1 Å². The molecular weight excluding hydrogens is 448 g/mol. The van der Waals surface area contributed by atoms with Crippen LogP contribution >= 0.6 is 15.9 Å². The molecule has 1 aliphatic heterocycles. The number of aromatic nitrogens is 3. The highest BCUT2D eigenvalue weighted by molar-refractivity contribution is 9.10. The molecule has 0 saturated heterocycles. The molecule has 2 aromatic heterocycles. The Labute approximate surface area is 180 Å². The SMILES string of the molecule is CCCn1c(=O)[nH]c(=O)c2c(C(=O)N3CCc4cc(Br)ccc43)cc(C3CC3)nc21. The van der Waals surface area contributed by atoms with Gasteiger partial charge in [0.25, 0.3) is 11.5 Å². The molecule has 0 atom stereocenters. The van der Waals surface area contributed by atoms with Crippen molar-refractivity contribution in [1.29, 1.82) is 0 Å². The quantitative estimate of drug-likeness (QED) is 0.635. The summed E-state index contributed by atoms with van der Waals surface area (Å²) in [6.45, 7) is 2.95. The third-order valence-electron chi connectivity index (χ3n) is 5.82. The van der Waals surface area contributed by atoms with Crippen molar-refractivity contribution in [3.63, 3.8) is 0 Å². The van der Waals surface area contributed by atoms with Crippen LogP contribution in [-0.2, 0) is 13.0 Å². The first-order valence-electron chi connectivity index (χ1n) is 10.3. The topological polar surface area (TPSA) is 88.1 Å². The molecule has 1 fully saturated rings. The Kier molecular flexibility index (Phi) is 4.61. The number of aryl methyl sites for hydroxylation is 1. The Morgan fingerprint density at radius 1 is 1.27 bits per heavy atom. The van der Waals surface area contributed by atoms with Crippen LogP contribution in [0.4, 0.5) is 5.69 Å². The van der Waals surface area contributed by atoms with E-state index in [0.717, 1.165) is 40.7 Å². The van der Waals surface area contributed by atoms with Crippen molar-refractivity contribution in [2.75, 3.05) is 11.4 Å². The molecule has 2 aliphatic rings. The molecule has 0 radical (unpaired) electrons. The molecule has 3 heterocycles. The summed E-state index contributed by atoms with van der Waals surface area (Å²) >= 11 is 3.48. The summed E-state index contributed by atoms with van der Waals surface area (Å²) in [4.78, 5) is 47.7. The number of rotatable bonds is 4. The molecule has 8 heteroatoms. The number of nitrogens with zero attached hydrogens (tertiary/aromatic N) is 3. The number of halogens is 1. The lowest BCUT2D eigenvalue weighted by Crippen LogP contribution is -2.34. The molecule has 1 amide bonds. The van der Waals surface area contributed by atoms with E-state index in [4.69, 9.17) is 0 Å². The molecular formula is C22H21BrN4O3. The molecule has 5 rings (SSSR count). The number of amides is 1. The van der Waals surface area contributed by atoms with Gasteiger partial charge in [0.15, 0.2) is 5.65 Å². The number of carbonyl (C=O) groups excluding carboxylic acids is 1. The van der Waals surface area contributed by atoms with E-state index in [1.807, 2.05) is 25.1 Å². The number of fused-ring (bicyclic) bond motifs is 2. The second-order valence-electron chi connectivity index (χ2n) is 7.96. The van der Waals surface area contributed by atoms with Crippen LogP contribution in [0.25, 0.3) is 11.0 Å². The molecule has 3 aromatic rings. The average Bonchev–Trinajstić information content (AvgIpc) is 3.49. The van der Waals surface area contributed by atoms with Crippen LogP contribution in [0.5, 0.6) is 0 Å². The first-order valence-corrected chi connectivity index (χ1v) is 11.0. The van der Waals surface area contributed by atoms with Crippen LogP contribution < -0.4 is 16.1 Å². The van der Waals surface area contributed by atoms with Crippen molar-refractivity contribution in [3.8, 4) is 0 Å². The van der Waals surface area contributed by atoms with Crippen LogP contribution in [0.1, 0.15) is 53.7 Å². The molecule has 1 aromatic carbocycles. The van der Waals surface area contributed by atoms with Crippen molar-refractivity contribution >= 4 is 38.6 Å². The smallest absolute Gasteiger partial charge is 0.308 e. The number of aromatic amines is 1. The predicted octanol–water partition coefficient (Wildman–Crippen LogP) is 3.34. The largest absolute Gasteiger partial charge is 0.329 e. The number of hydrogen-bond donors (Lipinski definition) is 1. The third-order valence-corrected chi connectivity index (χ3v) is 6.32. The van der Waals surface area contributed by atoms with E-state index in [1.165, 1.54) is 4.57 Å². The predicted molar refractivity (Wildman–Crippen MR) is 118 cm³/mol. The minimum Gasteiger partial charge on any atom is -0.308 e. The highest BCUT2D eigenvalue weighted by atomic mass is 79.9. The molecule has 1 aliphatic carbocycles. The van der Waals surface area contributed by atoms with Crippen molar-refractivity contribution < 1.29 is 4.79 Å². The maximum atomic E-state index is 13.7. The van der Waals surface area contributed by atoms with Crippen LogP contribution in [0.2, 0.25) is 0 Å². The molecule has 7 nitrogen and oxygen atoms in total. The maximum Gasteiger partial charge on any atom is 0.329 e. The minimum absolute atomic E-state index is 0.197. The monoisotopic (exact) mass is 468 g/mol. The number of nitrogens with one attached hydrogen (secondary N) is 1. The van der Waals surface area contributed by atoms with Gasteiger partial charge in [-0.05, 0) is 55.5 Å². The van der Waals surface area contributed by atoms with E-state index in [0.29, 0.717) is 30.7 Å². The fourth-order valence-electron chi connectivity index (χ4n) is 4.21. The number of pyridine rings is 1. The summed E-state index contributed by atoms with van der Waals surface area (Å²) < 4.78 is 2.45. The molecule has 154 valence electrons. The normalized spacial score (nSPS) is 15.6. The van der Waals surface area contributed by atoms with E-state index in [1.54, 1.807) is 11.0 Å². The van der Waals surface area contributed by atoms with Crippen molar-refractivity contribution in [1.82, 2.24) is 14.5 Å². The van der Waals surface area contributed by atoms with E-state index < -0.39 is 11.2 Å². The number of benzene rings is 1. The Morgan fingerprint density at radius 2 is 2.07 bits per heavy atom. The zero-order valence-electron chi connectivity index (χ0n) is 16.6. The molecule has 0 bridgehead atoms. The molecule has 1 saturated carbocycles. The highest BCUT2D eigenvalue weighted by Gasteiger charge is 2.32. The van der Waals surface area contributed by atoms with Crippen molar-refractivity contribution in [3.05, 3.63) is 66.4 Å². The number of hydrogen-bond acceptors (Lipinski definition) is 4.